The summed E-state index contributed by atoms with van der Waals surface area (Å²) in [5.74, 6) is 0.777. The maximum absolute atomic E-state index is 4.46. The lowest BCUT2D eigenvalue weighted by molar-refractivity contribution is 0.278. The van der Waals surface area contributed by atoms with Crippen molar-refractivity contribution in [3.05, 3.63) is 18.2 Å². The van der Waals surface area contributed by atoms with Crippen molar-refractivity contribution < 1.29 is 0 Å². The van der Waals surface area contributed by atoms with Crippen LogP contribution in [0.4, 0.5) is 0 Å². The molecule has 1 aliphatic carbocycles. The summed E-state index contributed by atoms with van der Waals surface area (Å²) < 4.78 is 2.03. The fourth-order valence-electron chi connectivity index (χ4n) is 2.69. The fraction of sp³-hybridized carbons (Fsp3) is 0.750. The molecule has 1 aromatic heterocycles. The first kappa shape index (κ1) is 10.7. The van der Waals surface area contributed by atoms with Gasteiger partial charge in [0.2, 0.25) is 0 Å². The average molecular weight is 207 g/mol. The molecule has 1 atom stereocenters. The number of nitrogens with zero attached hydrogens (tertiary/aromatic N) is 2. The van der Waals surface area contributed by atoms with Gasteiger partial charge in [-0.05, 0) is 25.8 Å². The van der Waals surface area contributed by atoms with E-state index in [-0.39, 0.29) is 0 Å². The minimum atomic E-state index is 0.450. The number of hydrogen-bond acceptors (Lipinski definition) is 2. The topological polar surface area (TPSA) is 29.9 Å². The zero-order valence-corrected chi connectivity index (χ0v) is 9.74. The van der Waals surface area contributed by atoms with Crippen LogP contribution < -0.4 is 5.32 Å². The lowest BCUT2D eigenvalue weighted by Crippen LogP contribution is -2.27. The van der Waals surface area contributed by atoms with E-state index in [1.807, 2.05) is 25.0 Å². The number of imidazole rings is 1. The van der Waals surface area contributed by atoms with Crippen LogP contribution in [-0.4, -0.2) is 16.6 Å². The van der Waals surface area contributed by atoms with E-state index in [9.17, 15) is 0 Å². The van der Waals surface area contributed by atoms with Crippen molar-refractivity contribution in [1.82, 2.24) is 14.9 Å². The Morgan fingerprint density at radius 2 is 2.13 bits per heavy atom. The van der Waals surface area contributed by atoms with Crippen LogP contribution in [0, 0.1) is 5.92 Å². The maximum atomic E-state index is 4.46. The van der Waals surface area contributed by atoms with Gasteiger partial charge in [0.1, 0.15) is 0 Å². The first-order valence-corrected chi connectivity index (χ1v) is 5.96. The summed E-state index contributed by atoms with van der Waals surface area (Å²) >= 11 is 0. The quantitative estimate of drug-likeness (QED) is 0.824. The smallest absolute Gasteiger partial charge is 0.0947 e. The van der Waals surface area contributed by atoms with Crippen molar-refractivity contribution >= 4 is 0 Å². The summed E-state index contributed by atoms with van der Waals surface area (Å²) in [7, 11) is 4.08. The molecule has 1 N–H and O–H groups in total. The summed E-state index contributed by atoms with van der Waals surface area (Å²) in [6, 6.07) is 0.450. The highest BCUT2D eigenvalue weighted by molar-refractivity contribution is 5.05. The molecule has 0 bridgehead atoms. The molecular formula is C12H21N3. The van der Waals surface area contributed by atoms with Crippen LogP contribution in [0.25, 0.3) is 0 Å². The third-order valence-electron chi connectivity index (χ3n) is 3.48. The first-order chi connectivity index (χ1) is 7.31. The third kappa shape index (κ3) is 2.40. The zero-order valence-electron chi connectivity index (χ0n) is 9.74. The van der Waals surface area contributed by atoms with Crippen LogP contribution in [0.1, 0.15) is 43.8 Å². The number of aryl methyl sites for hydroxylation is 1. The van der Waals surface area contributed by atoms with Gasteiger partial charge in [-0.3, -0.25) is 0 Å². The van der Waals surface area contributed by atoms with Gasteiger partial charge in [-0.25, -0.2) is 4.98 Å². The Balaban J connectivity index is 2.08. The summed E-state index contributed by atoms with van der Waals surface area (Å²) in [6.07, 6.45) is 10.9. The van der Waals surface area contributed by atoms with E-state index in [1.165, 1.54) is 37.8 Å². The van der Waals surface area contributed by atoms with E-state index < -0.39 is 0 Å². The molecule has 84 valence electrons. The van der Waals surface area contributed by atoms with Crippen molar-refractivity contribution in [2.45, 2.75) is 38.1 Å². The third-order valence-corrected chi connectivity index (χ3v) is 3.48. The Morgan fingerprint density at radius 3 is 2.67 bits per heavy atom. The molecule has 1 aliphatic rings. The van der Waals surface area contributed by atoms with Gasteiger partial charge < -0.3 is 9.88 Å². The van der Waals surface area contributed by atoms with E-state index in [0.717, 1.165) is 5.92 Å². The van der Waals surface area contributed by atoms with Gasteiger partial charge in [-0.1, -0.05) is 19.3 Å². The summed E-state index contributed by atoms with van der Waals surface area (Å²) in [4.78, 5) is 4.46. The fourth-order valence-corrected chi connectivity index (χ4v) is 2.69. The average Bonchev–Trinajstić information content (AvgIpc) is 2.68. The minimum absolute atomic E-state index is 0.450. The van der Waals surface area contributed by atoms with E-state index in [1.54, 1.807) is 0 Å². The van der Waals surface area contributed by atoms with E-state index >= 15 is 0 Å². The zero-order chi connectivity index (χ0) is 10.7. The molecule has 0 saturated heterocycles. The molecule has 0 aliphatic heterocycles. The summed E-state index contributed by atoms with van der Waals surface area (Å²) in [6.45, 7) is 0. The molecule has 0 aromatic carbocycles. The van der Waals surface area contributed by atoms with Gasteiger partial charge in [0.05, 0.1) is 18.1 Å². The molecule has 0 spiro atoms. The van der Waals surface area contributed by atoms with Crippen LogP contribution in [0.3, 0.4) is 0 Å². The first-order valence-electron chi connectivity index (χ1n) is 5.96. The van der Waals surface area contributed by atoms with Gasteiger partial charge in [0.25, 0.3) is 0 Å². The van der Waals surface area contributed by atoms with E-state index in [4.69, 9.17) is 0 Å². The van der Waals surface area contributed by atoms with Crippen LogP contribution >= 0.6 is 0 Å². The molecule has 15 heavy (non-hydrogen) atoms. The number of aromatic nitrogens is 2. The summed E-state index contributed by atoms with van der Waals surface area (Å²) in [5, 5.41) is 3.43. The molecule has 0 radical (unpaired) electrons. The summed E-state index contributed by atoms with van der Waals surface area (Å²) in [5.41, 5.74) is 1.20. The van der Waals surface area contributed by atoms with Gasteiger partial charge >= 0.3 is 0 Å². The van der Waals surface area contributed by atoms with Crippen molar-refractivity contribution in [2.75, 3.05) is 7.05 Å². The highest BCUT2D eigenvalue weighted by atomic mass is 15.0. The highest BCUT2D eigenvalue weighted by Crippen LogP contribution is 2.33. The van der Waals surface area contributed by atoms with Crippen molar-refractivity contribution in [3.8, 4) is 0 Å². The second-order valence-corrected chi connectivity index (χ2v) is 4.63. The Kier molecular flexibility index (Phi) is 3.41. The van der Waals surface area contributed by atoms with Crippen LogP contribution in [0.5, 0.6) is 0 Å². The monoisotopic (exact) mass is 207 g/mol. The number of nitrogens with one attached hydrogen (secondary N) is 1. The SMILES string of the molecule is CNC(c1cn(C)cn1)C1CCCCC1. The van der Waals surface area contributed by atoms with E-state index in [2.05, 4.69) is 16.5 Å². The molecule has 1 saturated carbocycles. The molecule has 0 amide bonds. The molecule has 1 unspecified atom stereocenters. The Labute approximate surface area is 91.9 Å². The number of hydrogen-bond donors (Lipinski definition) is 1. The Morgan fingerprint density at radius 1 is 1.40 bits per heavy atom. The van der Waals surface area contributed by atoms with Crippen LogP contribution in [0.15, 0.2) is 12.5 Å². The predicted octanol–water partition coefficient (Wildman–Crippen LogP) is 2.26. The van der Waals surface area contributed by atoms with Crippen molar-refractivity contribution in [2.24, 2.45) is 13.0 Å². The molecule has 1 heterocycles. The molecular weight excluding hydrogens is 186 g/mol. The normalized spacial score (nSPS) is 20.4. The van der Waals surface area contributed by atoms with Crippen molar-refractivity contribution in [3.63, 3.8) is 0 Å². The maximum Gasteiger partial charge on any atom is 0.0947 e. The minimum Gasteiger partial charge on any atom is -0.340 e. The Bertz CT molecular complexity index is 300. The van der Waals surface area contributed by atoms with Gasteiger partial charge in [-0.2, -0.15) is 0 Å². The Hall–Kier alpha value is -0.830. The number of rotatable bonds is 3. The molecule has 1 fully saturated rings. The highest BCUT2D eigenvalue weighted by Gasteiger charge is 2.24. The van der Waals surface area contributed by atoms with Crippen LogP contribution in [0.2, 0.25) is 0 Å². The lowest BCUT2D eigenvalue weighted by Gasteiger charge is -2.28. The molecule has 1 aromatic rings. The van der Waals surface area contributed by atoms with E-state index in [0.29, 0.717) is 6.04 Å². The molecule has 3 heteroatoms. The standard InChI is InChI=1S/C12H21N3/c1-13-12(10-6-4-3-5-7-10)11-8-15(2)9-14-11/h8-10,12-13H,3-7H2,1-2H3. The van der Waals surface area contributed by atoms with Crippen LogP contribution in [-0.2, 0) is 7.05 Å². The molecule has 2 rings (SSSR count). The van der Waals surface area contributed by atoms with Gasteiger partial charge in [0, 0.05) is 13.2 Å². The van der Waals surface area contributed by atoms with Crippen molar-refractivity contribution in [1.29, 1.82) is 0 Å². The second-order valence-electron chi connectivity index (χ2n) is 4.63. The largest absolute Gasteiger partial charge is 0.340 e. The predicted molar refractivity (Wildman–Crippen MR) is 61.6 cm³/mol. The van der Waals surface area contributed by atoms with Gasteiger partial charge in [-0.15, -0.1) is 0 Å². The second kappa shape index (κ2) is 4.79. The lowest BCUT2D eigenvalue weighted by atomic mass is 9.83. The van der Waals surface area contributed by atoms with Gasteiger partial charge in [0.15, 0.2) is 0 Å². The molecule has 3 nitrogen and oxygen atoms in total.